The Morgan fingerprint density at radius 1 is 1.27 bits per heavy atom. The number of halogens is 3. The van der Waals surface area contributed by atoms with E-state index in [1.807, 2.05) is 0 Å². The molecule has 0 aliphatic heterocycles. The van der Waals surface area contributed by atoms with Crippen LogP contribution in [0.25, 0.3) is 0 Å². The molecule has 0 amide bonds. The lowest BCUT2D eigenvalue weighted by molar-refractivity contribution is -0.138. The fourth-order valence-corrected chi connectivity index (χ4v) is 1.29. The van der Waals surface area contributed by atoms with Crippen LogP contribution in [0.1, 0.15) is 31.0 Å². The Hall–Kier alpha value is -1.26. The molecule has 0 spiro atoms. The van der Waals surface area contributed by atoms with Crippen molar-refractivity contribution in [2.75, 3.05) is 12.4 Å². The predicted octanol–water partition coefficient (Wildman–Crippen LogP) is 3.27. The number of alkyl halides is 3. The number of hydrogen-bond donors (Lipinski definition) is 1. The van der Waals surface area contributed by atoms with E-state index in [0.29, 0.717) is 5.82 Å². The Balaban J connectivity index is 3.28. The summed E-state index contributed by atoms with van der Waals surface area (Å²) in [6.07, 6.45) is -4.33. The molecule has 1 aromatic rings. The molecule has 2 nitrogen and oxygen atoms in total. The Kier molecular flexibility index (Phi) is 3.21. The fraction of sp³-hybridized carbons (Fsp3) is 0.500. The second-order valence-electron chi connectivity index (χ2n) is 3.53. The largest absolute Gasteiger partial charge is 0.418 e. The van der Waals surface area contributed by atoms with Gasteiger partial charge in [0.1, 0.15) is 5.82 Å². The zero-order chi connectivity index (χ0) is 11.6. The molecule has 0 aliphatic carbocycles. The molecule has 0 unspecified atom stereocenters. The Morgan fingerprint density at radius 2 is 1.87 bits per heavy atom. The number of nitrogens with one attached hydrogen (secondary N) is 1. The van der Waals surface area contributed by atoms with Crippen LogP contribution in [0.15, 0.2) is 12.1 Å². The first-order valence-electron chi connectivity index (χ1n) is 4.62. The first kappa shape index (κ1) is 11.8. The zero-order valence-corrected chi connectivity index (χ0v) is 8.81. The summed E-state index contributed by atoms with van der Waals surface area (Å²) >= 11 is 0. The van der Waals surface area contributed by atoms with Gasteiger partial charge in [-0.25, -0.2) is 4.98 Å². The van der Waals surface area contributed by atoms with E-state index < -0.39 is 11.7 Å². The monoisotopic (exact) mass is 218 g/mol. The number of rotatable bonds is 2. The van der Waals surface area contributed by atoms with E-state index in [9.17, 15) is 13.2 Å². The highest BCUT2D eigenvalue weighted by Gasteiger charge is 2.34. The molecular formula is C10H13F3N2. The summed E-state index contributed by atoms with van der Waals surface area (Å²) in [5, 5.41) is 2.72. The third-order valence-corrected chi connectivity index (χ3v) is 2.03. The standard InChI is InChI=1S/C10H13F3N2/c1-6(2)9-7(10(11,12)13)4-5-8(14-3)15-9/h4-6H,1-3H3,(H,14,15). The fourth-order valence-electron chi connectivity index (χ4n) is 1.29. The molecule has 1 N–H and O–H groups in total. The number of anilines is 1. The third kappa shape index (κ3) is 2.61. The molecule has 5 heteroatoms. The van der Waals surface area contributed by atoms with Crippen molar-refractivity contribution in [2.24, 2.45) is 0 Å². The molecule has 84 valence electrons. The van der Waals surface area contributed by atoms with E-state index in [1.54, 1.807) is 20.9 Å². The van der Waals surface area contributed by atoms with Gasteiger partial charge in [-0.05, 0) is 18.1 Å². The summed E-state index contributed by atoms with van der Waals surface area (Å²) in [5.74, 6) is 0.196. The quantitative estimate of drug-likeness (QED) is 0.824. The minimum atomic E-state index is -4.33. The summed E-state index contributed by atoms with van der Waals surface area (Å²) in [6, 6.07) is 2.39. The Labute approximate surface area is 86.5 Å². The topological polar surface area (TPSA) is 24.9 Å². The molecular weight excluding hydrogens is 205 g/mol. The molecule has 0 radical (unpaired) electrons. The SMILES string of the molecule is CNc1ccc(C(F)(F)F)c(C(C)C)n1. The van der Waals surface area contributed by atoms with Gasteiger partial charge in [-0.2, -0.15) is 13.2 Å². The lowest BCUT2D eigenvalue weighted by atomic mass is 10.0. The van der Waals surface area contributed by atoms with Crippen molar-refractivity contribution in [3.8, 4) is 0 Å². The third-order valence-electron chi connectivity index (χ3n) is 2.03. The van der Waals surface area contributed by atoms with E-state index in [-0.39, 0.29) is 11.6 Å². The van der Waals surface area contributed by atoms with Crippen molar-refractivity contribution >= 4 is 5.82 Å². The number of hydrogen-bond acceptors (Lipinski definition) is 2. The highest BCUT2D eigenvalue weighted by molar-refractivity contribution is 5.40. The second kappa shape index (κ2) is 4.08. The van der Waals surface area contributed by atoms with Gasteiger partial charge in [0.15, 0.2) is 0 Å². The van der Waals surface area contributed by atoms with Gasteiger partial charge in [0.2, 0.25) is 0 Å². The Morgan fingerprint density at radius 3 is 2.27 bits per heavy atom. The first-order chi connectivity index (χ1) is 6.86. The van der Waals surface area contributed by atoms with Crippen molar-refractivity contribution < 1.29 is 13.2 Å². The summed E-state index contributed by atoms with van der Waals surface area (Å²) in [5.41, 5.74) is -0.578. The summed E-state index contributed by atoms with van der Waals surface area (Å²) < 4.78 is 37.8. The highest BCUT2D eigenvalue weighted by Crippen LogP contribution is 2.34. The average Bonchev–Trinajstić information content (AvgIpc) is 2.15. The van der Waals surface area contributed by atoms with Gasteiger partial charge >= 0.3 is 6.18 Å². The van der Waals surface area contributed by atoms with Crippen molar-refractivity contribution in [1.29, 1.82) is 0 Å². The van der Waals surface area contributed by atoms with Crippen molar-refractivity contribution in [2.45, 2.75) is 25.9 Å². The maximum atomic E-state index is 12.6. The maximum Gasteiger partial charge on any atom is 0.418 e. The van der Waals surface area contributed by atoms with Crippen LogP contribution in [0.5, 0.6) is 0 Å². The van der Waals surface area contributed by atoms with Crippen LogP contribution in [0.3, 0.4) is 0 Å². The first-order valence-corrected chi connectivity index (χ1v) is 4.62. The molecule has 1 rings (SSSR count). The number of pyridine rings is 1. The van der Waals surface area contributed by atoms with Crippen LogP contribution in [-0.2, 0) is 6.18 Å². The lowest BCUT2D eigenvalue weighted by Gasteiger charge is -2.15. The number of aromatic nitrogens is 1. The van der Waals surface area contributed by atoms with Gasteiger partial charge in [-0.3, -0.25) is 0 Å². The van der Waals surface area contributed by atoms with Crippen molar-refractivity contribution in [3.05, 3.63) is 23.4 Å². The van der Waals surface area contributed by atoms with Crippen LogP contribution in [0.2, 0.25) is 0 Å². The summed E-state index contributed by atoms with van der Waals surface area (Å²) in [4.78, 5) is 3.93. The van der Waals surface area contributed by atoms with Crippen LogP contribution in [-0.4, -0.2) is 12.0 Å². The van der Waals surface area contributed by atoms with E-state index in [1.165, 1.54) is 6.07 Å². The van der Waals surface area contributed by atoms with E-state index in [4.69, 9.17) is 0 Å². The molecule has 0 saturated heterocycles. The van der Waals surface area contributed by atoms with E-state index in [0.717, 1.165) is 6.07 Å². The maximum absolute atomic E-state index is 12.6. The molecule has 0 bridgehead atoms. The molecule has 0 saturated carbocycles. The molecule has 0 aliphatic rings. The average molecular weight is 218 g/mol. The predicted molar refractivity (Wildman–Crippen MR) is 52.9 cm³/mol. The molecule has 1 aromatic heterocycles. The molecule has 15 heavy (non-hydrogen) atoms. The molecule has 0 fully saturated rings. The normalized spacial score (nSPS) is 11.9. The van der Waals surface area contributed by atoms with Gasteiger partial charge in [-0.1, -0.05) is 13.8 Å². The lowest BCUT2D eigenvalue weighted by Crippen LogP contribution is -2.12. The molecule has 1 heterocycles. The van der Waals surface area contributed by atoms with Gasteiger partial charge in [0.05, 0.1) is 11.3 Å². The summed E-state index contributed by atoms with van der Waals surface area (Å²) in [6.45, 7) is 3.38. The van der Waals surface area contributed by atoms with E-state index >= 15 is 0 Å². The van der Waals surface area contributed by atoms with Crippen molar-refractivity contribution in [3.63, 3.8) is 0 Å². The van der Waals surface area contributed by atoms with Crippen LogP contribution in [0, 0.1) is 0 Å². The highest BCUT2D eigenvalue weighted by atomic mass is 19.4. The van der Waals surface area contributed by atoms with Crippen molar-refractivity contribution in [1.82, 2.24) is 4.98 Å². The van der Waals surface area contributed by atoms with Gasteiger partial charge < -0.3 is 5.32 Å². The van der Waals surface area contributed by atoms with Crippen LogP contribution >= 0.6 is 0 Å². The van der Waals surface area contributed by atoms with Crippen LogP contribution < -0.4 is 5.32 Å². The summed E-state index contributed by atoms with van der Waals surface area (Å²) in [7, 11) is 1.62. The molecule has 0 aromatic carbocycles. The number of nitrogens with zero attached hydrogens (tertiary/aromatic N) is 1. The molecule has 0 atom stereocenters. The van der Waals surface area contributed by atoms with Crippen LogP contribution in [0.4, 0.5) is 19.0 Å². The van der Waals surface area contributed by atoms with Gasteiger partial charge in [0.25, 0.3) is 0 Å². The zero-order valence-electron chi connectivity index (χ0n) is 8.81. The van der Waals surface area contributed by atoms with Gasteiger partial charge in [0, 0.05) is 7.05 Å². The minimum absolute atomic E-state index is 0.0781. The van der Waals surface area contributed by atoms with Gasteiger partial charge in [-0.15, -0.1) is 0 Å². The second-order valence-corrected chi connectivity index (χ2v) is 3.53. The van der Waals surface area contributed by atoms with E-state index in [2.05, 4.69) is 10.3 Å². The minimum Gasteiger partial charge on any atom is -0.373 e. The smallest absolute Gasteiger partial charge is 0.373 e. The Bertz CT molecular complexity index is 345.